The van der Waals surface area contributed by atoms with Gasteiger partial charge in [0.1, 0.15) is 0 Å². The maximum absolute atomic E-state index is 11.8. The van der Waals surface area contributed by atoms with E-state index in [0.29, 0.717) is 0 Å². The van der Waals surface area contributed by atoms with Crippen molar-refractivity contribution in [2.75, 3.05) is 6.54 Å². The second-order valence-electron chi connectivity index (χ2n) is 2.08. The smallest absolute Gasteiger partial charge is 0.211 e. The lowest BCUT2D eigenvalue weighted by atomic mass is 10.2. The first-order valence-corrected chi connectivity index (χ1v) is 3.43. The van der Waals surface area contributed by atoms with Crippen molar-refractivity contribution in [1.29, 1.82) is 0 Å². The Kier molecular flexibility index (Phi) is 6.45. The van der Waals surface area contributed by atoms with Gasteiger partial charge in [-0.05, 0) is 12.8 Å². The molecule has 1 atom stereocenters. The van der Waals surface area contributed by atoms with Gasteiger partial charge in [0.2, 0.25) is 12.2 Å². The zero-order valence-electron chi connectivity index (χ0n) is 6.61. The Morgan fingerprint density at radius 3 is 2.46 bits per heavy atom. The number of nitrogens with zero attached hydrogens (tertiary/aromatic N) is 3. The van der Waals surface area contributed by atoms with E-state index >= 15 is 0 Å². The zero-order chi connectivity index (χ0) is 10.1. The quantitative estimate of drug-likeness (QED) is 0.270. The predicted octanol–water partition coefficient (Wildman–Crippen LogP) is 0.835. The largest absolute Gasteiger partial charge is 0.236 e. The van der Waals surface area contributed by atoms with Gasteiger partial charge in [-0.15, -0.1) is 0 Å². The third kappa shape index (κ3) is 5.81. The van der Waals surface area contributed by atoms with Crippen molar-refractivity contribution in [3.05, 3.63) is 0 Å². The summed E-state index contributed by atoms with van der Waals surface area (Å²) in [4.78, 5) is 25.2. The molecule has 0 fully saturated rings. The lowest BCUT2D eigenvalue weighted by Gasteiger charge is -2.07. The summed E-state index contributed by atoms with van der Waals surface area (Å²) >= 11 is 0. The van der Waals surface area contributed by atoms with E-state index in [1.807, 2.05) is 0 Å². The fourth-order valence-electron chi connectivity index (χ4n) is 0.665. The average Bonchev–Trinajstić information content (AvgIpc) is 2.10. The number of halogens is 2. The molecule has 1 unspecified atom stereocenters. The minimum Gasteiger partial charge on any atom is -0.211 e. The van der Waals surface area contributed by atoms with E-state index in [9.17, 15) is 18.6 Å². The number of aliphatic imine (C=N–C) groups is 2. The van der Waals surface area contributed by atoms with Crippen LogP contribution in [0.3, 0.4) is 0 Å². The van der Waals surface area contributed by atoms with Crippen molar-refractivity contribution in [3.63, 3.8) is 0 Å². The van der Waals surface area contributed by atoms with Gasteiger partial charge in [-0.3, -0.25) is 0 Å². The second-order valence-corrected chi connectivity index (χ2v) is 2.08. The summed E-state index contributed by atoms with van der Waals surface area (Å²) in [5.41, 5.74) is 0. The van der Waals surface area contributed by atoms with E-state index in [2.05, 4.69) is 9.98 Å². The van der Waals surface area contributed by atoms with E-state index in [1.165, 1.54) is 6.08 Å². The second kappa shape index (κ2) is 7.24. The number of hydrogen-bond acceptors (Lipinski definition) is 5. The third-order valence-corrected chi connectivity index (χ3v) is 1.22. The molecule has 0 aliphatic heterocycles. The third-order valence-electron chi connectivity index (χ3n) is 1.22. The molecular weight excluding hydrogens is 184 g/mol. The monoisotopic (exact) mass is 191 g/mol. The fraction of sp³-hybridized carbons (Fsp3) is 0.667. The summed E-state index contributed by atoms with van der Waals surface area (Å²) in [7, 11) is 0. The van der Waals surface area contributed by atoms with Gasteiger partial charge in [-0.25, -0.2) is 14.6 Å². The molecule has 0 spiro atoms. The van der Waals surface area contributed by atoms with E-state index in [-0.39, 0.29) is 19.4 Å². The molecule has 13 heavy (non-hydrogen) atoms. The van der Waals surface area contributed by atoms with Crippen LogP contribution in [0.1, 0.15) is 12.8 Å². The summed E-state index contributed by atoms with van der Waals surface area (Å²) in [5.74, 6) is 0. The van der Waals surface area contributed by atoms with Gasteiger partial charge in [-0.2, -0.15) is 4.99 Å². The number of hydrogen-bond donors (Lipinski definition) is 0. The van der Waals surface area contributed by atoms with Crippen LogP contribution in [-0.2, 0) is 9.59 Å². The molecule has 0 amide bonds. The van der Waals surface area contributed by atoms with E-state index in [4.69, 9.17) is 0 Å². The van der Waals surface area contributed by atoms with Crippen LogP contribution in [0, 0.1) is 0 Å². The van der Waals surface area contributed by atoms with Gasteiger partial charge in [-0.1, -0.05) is 8.96 Å². The van der Waals surface area contributed by atoms with Gasteiger partial charge >= 0.3 is 0 Å². The van der Waals surface area contributed by atoms with Crippen LogP contribution in [0.5, 0.6) is 0 Å². The van der Waals surface area contributed by atoms with Crippen LogP contribution in [0.4, 0.5) is 8.96 Å². The fourth-order valence-corrected chi connectivity index (χ4v) is 0.665. The van der Waals surface area contributed by atoms with E-state index < -0.39 is 11.5 Å². The first-order chi connectivity index (χ1) is 6.22. The van der Waals surface area contributed by atoms with E-state index in [0.717, 1.165) is 6.08 Å². The molecular formula is C6H7F2N3O2. The summed E-state index contributed by atoms with van der Waals surface area (Å²) < 4.78 is 23.7. The maximum atomic E-state index is 11.8. The van der Waals surface area contributed by atoms with Crippen LogP contribution in [0.25, 0.3) is 0 Å². The molecule has 7 heteroatoms. The minimum atomic E-state index is -1.50. The SMILES string of the molecule is O=C=NCCCC(N=C=O)N(F)F. The molecule has 0 rings (SSSR count). The normalized spacial score (nSPS) is 11.6. The van der Waals surface area contributed by atoms with Gasteiger partial charge in [0.05, 0.1) is 6.54 Å². The van der Waals surface area contributed by atoms with Crippen molar-refractivity contribution in [3.8, 4) is 0 Å². The number of isocyanates is 2. The molecule has 0 aliphatic carbocycles. The lowest BCUT2D eigenvalue weighted by Crippen LogP contribution is -2.18. The maximum Gasteiger partial charge on any atom is 0.236 e. The molecule has 0 aliphatic rings. The molecule has 0 bridgehead atoms. The highest BCUT2D eigenvalue weighted by Gasteiger charge is 2.15. The molecule has 0 radical (unpaired) electrons. The van der Waals surface area contributed by atoms with Crippen LogP contribution in [-0.4, -0.2) is 30.2 Å². The van der Waals surface area contributed by atoms with Crippen LogP contribution >= 0.6 is 0 Å². The molecule has 5 nitrogen and oxygen atoms in total. The first-order valence-electron chi connectivity index (χ1n) is 3.43. The van der Waals surface area contributed by atoms with Gasteiger partial charge in [0.25, 0.3) is 0 Å². The van der Waals surface area contributed by atoms with Crippen molar-refractivity contribution < 1.29 is 18.6 Å². The highest BCUT2D eigenvalue weighted by molar-refractivity contribution is 5.33. The standard InChI is InChI=1S/C6H7F2N3O2/c7-11(8)6(10-5-13)2-1-3-9-4-12/h6H,1-3H2. The van der Waals surface area contributed by atoms with Crippen LogP contribution in [0.2, 0.25) is 0 Å². The molecule has 0 aromatic heterocycles. The highest BCUT2D eigenvalue weighted by Crippen LogP contribution is 2.08. The van der Waals surface area contributed by atoms with Crippen LogP contribution in [0.15, 0.2) is 9.98 Å². The van der Waals surface area contributed by atoms with Crippen molar-refractivity contribution in [2.24, 2.45) is 9.98 Å². The predicted molar refractivity (Wildman–Crippen MR) is 38.2 cm³/mol. The summed E-state index contributed by atoms with van der Waals surface area (Å²) in [5, 5.41) is -1.18. The Labute approximate surface area is 72.6 Å². The Morgan fingerprint density at radius 1 is 1.31 bits per heavy atom. The average molecular weight is 191 g/mol. The molecule has 0 heterocycles. The molecule has 0 N–H and O–H groups in total. The van der Waals surface area contributed by atoms with Crippen molar-refractivity contribution in [1.82, 2.24) is 5.34 Å². The Balaban J connectivity index is 3.82. The number of rotatable bonds is 6. The lowest BCUT2D eigenvalue weighted by molar-refractivity contribution is -0.186. The zero-order valence-corrected chi connectivity index (χ0v) is 6.61. The Morgan fingerprint density at radius 2 is 2.00 bits per heavy atom. The number of carbonyl (C=O) groups excluding carboxylic acids is 2. The summed E-state index contributed by atoms with van der Waals surface area (Å²) in [6.07, 6.45) is 0.973. The molecule has 72 valence electrons. The minimum absolute atomic E-state index is 0.0621. The Hall–Kier alpha value is -1.42. The molecule has 0 aromatic rings. The highest BCUT2D eigenvalue weighted by atomic mass is 19.4. The van der Waals surface area contributed by atoms with Crippen molar-refractivity contribution in [2.45, 2.75) is 19.0 Å². The van der Waals surface area contributed by atoms with Gasteiger partial charge < -0.3 is 0 Å². The van der Waals surface area contributed by atoms with Crippen LogP contribution < -0.4 is 0 Å². The van der Waals surface area contributed by atoms with Gasteiger partial charge in [0, 0.05) is 5.34 Å². The Bertz CT molecular complexity index is 234. The molecule has 0 aromatic carbocycles. The summed E-state index contributed by atoms with van der Waals surface area (Å²) in [6.45, 7) is 0.0994. The van der Waals surface area contributed by atoms with Gasteiger partial charge in [0.15, 0.2) is 6.17 Å². The van der Waals surface area contributed by atoms with Crippen molar-refractivity contribution >= 4 is 12.2 Å². The van der Waals surface area contributed by atoms with E-state index in [1.54, 1.807) is 0 Å². The first kappa shape index (κ1) is 11.6. The summed E-state index contributed by atoms with van der Waals surface area (Å²) in [6, 6.07) is 0. The topological polar surface area (TPSA) is 62.1 Å². The molecule has 0 saturated carbocycles. The molecule has 0 saturated heterocycles.